The van der Waals surface area contributed by atoms with E-state index in [9.17, 15) is 19.5 Å². The van der Waals surface area contributed by atoms with Crippen LogP contribution in [-0.4, -0.2) is 56.8 Å². The number of benzene rings is 2. The number of imidazole rings is 1. The monoisotopic (exact) mass is 563 g/mol. The molecule has 0 fully saturated rings. The van der Waals surface area contributed by atoms with Gasteiger partial charge in [-0.2, -0.15) is 0 Å². The molecule has 3 aromatic heterocycles. The lowest BCUT2D eigenvalue weighted by Crippen LogP contribution is -2.33. The lowest BCUT2D eigenvalue weighted by atomic mass is 10.0. The number of aromatic amines is 1. The fourth-order valence-corrected chi connectivity index (χ4v) is 5.08. The molecule has 6 rings (SSSR count). The van der Waals surface area contributed by atoms with Gasteiger partial charge in [-0.3, -0.25) is 4.79 Å². The average molecular weight is 564 g/mol. The molecule has 1 aliphatic heterocycles. The SMILES string of the molecule is COC(=O)c1csc(NC(=O)[C@H](Cc2ccc3ocnc3c2)n2c(O)c(-c3ccc4c(c3)OCCO4)[nH]c2=O)n1. The van der Waals surface area contributed by atoms with E-state index >= 15 is 0 Å². The molecule has 14 heteroatoms. The number of thiazole rings is 1. The van der Waals surface area contributed by atoms with Gasteiger partial charge < -0.3 is 34.0 Å². The number of methoxy groups -OCH3 is 1. The second-order valence-corrected chi connectivity index (χ2v) is 9.61. The number of carbonyl (C=O) groups excluding carboxylic acids is 2. The number of carbonyl (C=O) groups is 2. The summed E-state index contributed by atoms with van der Waals surface area (Å²) in [6.45, 7) is 0.786. The summed E-state index contributed by atoms with van der Waals surface area (Å²) in [5.41, 5.74) is 1.67. The Labute approximate surface area is 229 Å². The van der Waals surface area contributed by atoms with Crippen molar-refractivity contribution in [3.63, 3.8) is 0 Å². The highest BCUT2D eigenvalue weighted by Crippen LogP contribution is 2.37. The van der Waals surface area contributed by atoms with Crippen molar-refractivity contribution < 1.29 is 33.3 Å². The van der Waals surface area contributed by atoms with Crippen molar-refractivity contribution in [2.75, 3.05) is 25.6 Å². The number of nitrogens with one attached hydrogen (secondary N) is 2. The molecule has 13 nitrogen and oxygen atoms in total. The van der Waals surface area contributed by atoms with Crippen molar-refractivity contribution >= 4 is 39.4 Å². The fourth-order valence-electron chi connectivity index (χ4n) is 4.40. The van der Waals surface area contributed by atoms with Crippen LogP contribution in [0.2, 0.25) is 0 Å². The van der Waals surface area contributed by atoms with E-state index in [0.29, 0.717) is 46.9 Å². The molecule has 1 amide bonds. The summed E-state index contributed by atoms with van der Waals surface area (Å²) in [5.74, 6) is -0.726. The number of ether oxygens (including phenoxy) is 3. The molecule has 0 saturated heterocycles. The Kier molecular flexibility index (Phi) is 6.43. The third-order valence-corrected chi connectivity index (χ3v) is 7.06. The summed E-state index contributed by atoms with van der Waals surface area (Å²) < 4.78 is 22.1. The van der Waals surface area contributed by atoms with Gasteiger partial charge in [-0.25, -0.2) is 24.1 Å². The standard InChI is InChI=1S/C26H21N5O8S/c1-36-24(34)16-11-40-25(28-16)30-22(32)17(9-13-2-4-18-15(8-13)27-12-39-18)31-23(33)21(29-26(31)35)14-3-5-19-20(10-14)38-7-6-37-19/h2-5,8,10-12,17,33H,6-7,9H2,1H3,(H,29,35)(H,28,30,32)/t17-/m0/s1. The van der Waals surface area contributed by atoms with Crippen LogP contribution in [0.5, 0.6) is 17.4 Å². The predicted octanol–water partition coefficient (Wildman–Crippen LogP) is 3.13. The van der Waals surface area contributed by atoms with Gasteiger partial charge in [0, 0.05) is 17.4 Å². The van der Waals surface area contributed by atoms with Crippen LogP contribution < -0.4 is 20.5 Å². The van der Waals surface area contributed by atoms with Gasteiger partial charge in [0.1, 0.15) is 30.5 Å². The molecule has 40 heavy (non-hydrogen) atoms. The minimum Gasteiger partial charge on any atom is -0.493 e. The van der Waals surface area contributed by atoms with Gasteiger partial charge in [-0.1, -0.05) is 6.07 Å². The number of hydrogen-bond donors (Lipinski definition) is 3. The zero-order valence-electron chi connectivity index (χ0n) is 20.9. The highest BCUT2D eigenvalue weighted by Gasteiger charge is 2.30. The Morgan fingerprint density at radius 1 is 1.20 bits per heavy atom. The first kappa shape index (κ1) is 25.2. The molecule has 1 atom stereocenters. The lowest BCUT2D eigenvalue weighted by Gasteiger charge is -2.19. The highest BCUT2D eigenvalue weighted by atomic mass is 32.1. The van der Waals surface area contributed by atoms with Crippen LogP contribution >= 0.6 is 11.3 Å². The molecule has 0 radical (unpaired) electrons. The molecule has 4 heterocycles. The Bertz CT molecular complexity index is 1800. The van der Waals surface area contributed by atoms with E-state index in [1.165, 1.54) is 18.9 Å². The summed E-state index contributed by atoms with van der Waals surface area (Å²) in [7, 11) is 1.22. The summed E-state index contributed by atoms with van der Waals surface area (Å²) in [6, 6.07) is 8.94. The van der Waals surface area contributed by atoms with Crippen LogP contribution in [-0.2, 0) is 16.0 Å². The van der Waals surface area contributed by atoms with E-state index in [1.807, 2.05) is 0 Å². The zero-order valence-corrected chi connectivity index (χ0v) is 21.7. The van der Waals surface area contributed by atoms with E-state index in [1.54, 1.807) is 36.4 Å². The number of amides is 1. The highest BCUT2D eigenvalue weighted by molar-refractivity contribution is 7.14. The summed E-state index contributed by atoms with van der Waals surface area (Å²) in [4.78, 5) is 49.5. The van der Waals surface area contributed by atoms with Crippen LogP contribution in [0.15, 0.2) is 57.4 Å². The quantitative estimate of drug-likeness (QED) is 0.250. The van der Waals surface area contributed by atoms with Gasteiger partial charge in [-0.05, 0) is 35.9 Å². The molecule has 0 bridgehead atoms. The molecular formula is C26H21N5O8S. The van der Waals surface area contributed by atoms with Gasteiger partial charge in [-0.15, -0.1) is 11.3 Å². The molecule has 1 aliphatic rings. The van der Waals surface area contributed by atoms with Crippen LogP contribution in [0, 0.1) is 0 Å². The molecule has 2 aromatic carbocycles. The number of anilines is 1. The first-order valence-electron chi connectivity index (χ1n) is 12.0. The molecule has 0 spiro atoms. The van der Waals surface area contributed by atoms with Crippen molar-refractivity contribution in [1.29, 1.82) is 0 Å². The average Bonchev–Trinajstić information content (AvgIpc) is 3.70. The normalized spacial score (nSPS) is 13.2. The molecular weight excluding hydrogens is 542 g/mol. The number of hydrogen-bond acceptors (Lipinski definition) is 11. The van der Waals surface area contributed by atoms with Gasteiger partial charge in [0.25, 0.3) is 0 Å². The molecule has 0 aliphatic carbocycles. The molecule has 0 unspecified atom stereocenters. The number of aromatic nitrogens is 4. The summed E-state index contributed by atoms with van der Waals surface area (Å²) in [6.07, 6.45) is 1.32. The predicted molar refractivity (Wildman–Crippen MR) is 142 cm³/mol. The van der Waals surface area contributed by atoms with Crippen molar-refractivity contribution in [3.8, 4) is 28.6 Å². The largest absolute Gasteiger partial charge is 0.493 e. The van der Waals surface area contributed by atoms with Crippen LogP contribution in [0.3, 0.4) is 0 Å². The molecule has 5 aromatic rings. The van der Waals surface area contributed by atoms with Crippen LogP contribution in [0.4, 0.5) is 5.13 Å². The summed E-state index contributed by atoms with van der Waals surface area (Å²) >= 11 is 1.02. The number of aromatic hydroxyl groups is 1. The minimum atomic E-state index is -1.22. The molecule has 3 N–H and O–H groups in total. The zero-order chi connectivity index (χ0) is 27.8. The number of nitrogens with zero attached hydrogens (tertiary/aromatic N) is 3. The van der Waals surface area contributed by atoms with Gasteiger partial charge in [0.05, 0.1) is 7.11 Å². The van der Waals surface area contributed by atoms with E-state index < -0.39 is 29.5 Å². The summed E-state index contributed by atoms with van der Waals surface area (Å²) in [5, 5.41) is 15.5. The van der Waals surface area contributed by atoms with Gasteiger partial charge in [0.2, 0.25) is 11.8 Å². The maximum absolute atomic E-state index is 13.6. The number of esters is 1. The topological polar surface area (TPSA) is 171 Å². The number of H-pyrrole nitrogens is 1. The lowest BCUT2D eigenvalue weighted by molar-refractivity contribution is -0.119. The van der Waals surface area contributed by atoms with Crippen LogP contribution in [0.25, 0.3) is 22.4 Å². The smallest absolute Gasteiger partial charge is 0.357 e. The van der Waals surface area contributed by atoms with Crippen molar-refractivity contribution in [1.82, 2.24) is 19.5 Å². The van der Waals surface area contributed by atoms with Gasteiger partial charge in [0.15, 0.2) is 34.3 Å². The van der Waals surface area contributed by atoms with Crippen LogP contribution in [0.1, 0.15) is 22.1 Å². The second kappa shape index (κ2) is 10.2. The van der Waals surface area contributed by atoms with Crippen molar-refractivity contribution in [3.05, 3.63) is 69.9 Å². The molecule has 204 valence electrons. The van der Waals surface area contributed by atoms with E-state index in [4.69, 9.17) is 13.9 Å². The maximum Gasteiger partial charge on any atom is 0.357 e. The minimum absolute atomic E-state index is 0.00969. The Morgan fingerprint density at radius 2 is 2.02 bits per heavy atom. The van der Waals surface area contributed by atoms with E-state index in [-0.39, 0.29) is 22.9 Å². The number of oxazole rings is 1. The second-order valence-electron chi connectivity index (χ2n) is 8.75. The third kappa shape index (κ3) is 4.64. The van der Waals surface area contributed by atoms with Crippen molar-refractivity contribution in [2.24, 2.45) is 0 Å². The van der Waals surface area contributed by atoms with Crippen molar-refractivity contribution in [2.45, 2.75) is 12.5 Å². The van der Waals surface area contributed by atoms with Gasteiger partial charge >= 0.3 is 11.7 Å². The van der Waals surface area contributed by atoms with E-state index in [2.05, 4.69) is 25.0 Å². The Hall–Kier alpha value is -5.11. The Balaban J connectivity index is 1.38. The van der Waals surface area contributed by atoms with E-state index in [0.717, 1.165) is 15.9 Å². The maximum atomic E-state index is 13.6. The third-order valence-electron chi connectivity index (χ3n) is 6.30. The number of rotatable bonds is 7. The number of fused-ring (bicyclic) bond motifs is 2. The first-order chi connectivity index (χ1) is 19.4. The fraction of sp³-hybridized carbons (Fsp3) is 0.192. The Morgan fingerprint density at radius 3 is 2.85 bits per heavy atom. The first-order valence-corrected chi connectivity index (χ1v) is 12.9. The molecule has 0 saturated carbocycles.